The first kappa shape index (κ1) is 20.0. The molecular weight excluding hydrogens is 396 g/mol. The number of aromatic nitrogens is 2. The molecule has 30 heavy (non-hydrogen) atoms. The van der Waals surface area contributed by atoms with Crippen molar-refractivity contribution in [2.24, 2.45) is 5.92 Å². The van der Waals surface area contributed by atoms with Crippen molar-refractivity contribution in [2.75, 3.05) is 18.0 Å². The van der Waals surface area contributed by atoms with E-state index in [9.17, 15) is 9.59 Å². The van der Waals surface area contributed by atoms with Gasteiger partial charge in [0.05, 0.1) is 5.92 Å². The molecule has 1 aliphatic heterocycles. The maximum atomic E-state index is 12.5. The van der Waals surface area contributed by atoms with Crippen LogP contribution in [-0.2, 0) is 16.0 Å². The second-order valence-electron chi connectivity index (χ2n) is 7.10. The van der Waals surface area contributed by atoms with Crippen LogP contribution < -0.4 is 10.2 Å². The zero-order valence-electron chi connectivity index (χ0n) is 16.4. The minimum atomic E-state index is -0.371. The molecule has 1 aliphatic rings. The van der Waals surface area contributed by atoms with Gasteiger partial charge >= 0.3 is 0 Å². The standard InChI is InChI=1S/C23H22N4O2S/c28-21-15-19(22(29)24-13-7-12-17-8-3-1-4-9-17)16-27(21)23-26-25-20(30-23)14-18-10-5-2-6-11-18/h1-12,19H,13-16H2,(H,24,29). The topological polar surface area (TPSA) is 75.2 Å². The van der Waals surface area contributed by atoms with Gasteiger partial charge in [0.2, 0.25) is 16.9 Å². The molecule has 6 nitrogen and oxygen atoms in total. The second kappa shape index (κ2) is 9.45. The third-order valence-electron chi connectivity index (χ3n) is 4.89. The molecule has 4 rings (SSSR count). The summed E-state index contributed by atoms with van der Waals surface area (Å²) in [7, 11) is 0. The Morgan fingerprint density at radius 1 is 1.10 bits per heavy atom. The van der Waals surface area contributed by atoms with Gasteiger partial charge in [0.25, 0.3) is 0 Å². The number of nitrogens with zero attached hydrogens (tertiary/aromatic N) is 3. The Labute approximate surface area is 179 Å². The van der Waals surface area contributed by atoms with Crippen LogP contribution in [0.3, 0.4) is 0 Å². The predicted molar refractivity (Wildman–Crippen MR) is 118 cm³/mol. The highest BCUT2D eigenvalue weighted by atomic mass is 32.1. The molecule has 0 bridgehead atoms. The number of carbonyl (C=O) groups excluding carboxylic acids is 2. The molecule has 1 unspecified atom stereocenters. The Bertz CT molecular complexity index is 1030. The molecule has 1 fully saturated rings. The van der Waals surface area contributed by atoms with Crippen molar-refractivity contribution in [1.82, 2.24) is 15.5 Å². The summed E-state index contributed by atoms with van der Waals surface area (Å²) in [5.41, 5.74) is 2.23. The monoisotopic (exact) mass is 418 g/mol. The highest BCUT2D eigenvalue weighted by molar-refractivity contribution is 7.15. The van der Waals surface area contributed by atoms with Crippen LogP contribution in [0, 0.1) is 5.92 Å². The predicted octanol–water partition coefficient (Wildman–Crippen LogP) is 3.31. The van der Waals surface area contributed by atoms with Crippen LogP contribution in [0.25, 0.3) is 6.08 Å². The summed E-state index contributed by atoms with van der Waals surface area (Å²) in [6.07, 6.45) is 4.74. The fourth-order valence-electron chi connectivity index (χ4n) is 3.33. The average Bonchev–Trinajstić information content (AvgIpc) is 3.39. The Balaban J connectivity index is 1.30. The van der Waals surface area contributed by atoms with Crippen LogP contribution in [0.1, 0.15) is 22.6 Å². The van der Waals surface area contributed by atoms with Crippen LogP contribution >= 0.6 is 11.3 Å². The number of amides is 2. The molecule has 0 aliphatic carbocycles. The van der Waals surface area contributed by atoms with Crippen molar-refractivity contribution >= 4 is 34.4 Å². The highest BCUT2D eigenvalue weighted by Crippen LogP contribution is 2.28. The molecule has 1 atom stereocenters. The summed E-state index contributed by atoms with van der Waals surface area (Å²) in [6, 6.07) is 19.9. The lowest BCUT2D eigenvalue weighted by atomic mass is 10.1. The van der Waals surface area contributed by atoms with Crippen molar-refractivity contribution in [3.05, 3.63) is 82.9 Å². The first-order valence-electron chi connectivity index (χ1n) is 9.85. The lowest BCUT2D eigenvalue weighted by molar-refractivity contribution is -0.126. The fraction of sp³-hybridized carbons (Fsp3) is 0.217. The van der Waals surface area contributed by atoms with Gasteiger partial charge in [-0.25, -0.2) is 0 Å². The van der Waals surface area contributed by atoms with Gasteiger partial charge in [-0.15, -0.1) is 10.2 Å². The van der Waals surface area contributed by atoms with Crippen molar-refractivity contribution in [1.29, 1.82) is 0 Å². The van der Waals surface area contributed by atoms with Crippen LogP contribution in [-0.4, -0.2) is 35.1 Å². The molecule has 1 N–H and O–H groups in total. The molecule has 0 saturated carbocycles. The van der Waals surface area contributed by atoms with E-state index in [-0.39, 0.29) is 24.2 Å². The zero-order chi connectivity index (χ0) is 20.8. The number of hydrogen-bond donors (Lipinski definition) is 1. The number of hydrogen-bond acceptors (Lipinski definition) is 5. The second-order valence-corrected chi connectivity index (χ2v) is 8.14. The number of carbonyl (C=O) groups is 2. The maximum absolute atomic E-state index is 12.5. The van der Waals surface area contributed by atoms with Crippen molar-refractivity contribution in [3.8, 4) is 0 Å². The smallest absolute Gasteiger partial charge is 0.229 e. The quantitative estimate of drug-likeness (QED) is 0.639. The van der Waals surface area contributed by atoms with E-state index >= 15 is 0 Å². The normalized spacial score (nSPS) is 16.3. The number of anilines is 1. The summed E-state index contributed by atoms with van der Waals surface area (Å²) >= 11 is 1.40. The largest absolute Gasteiger partial charge is 0.352 e. The highest BCUT2D eigenvalue weighted by Gasteiger charge is 2.36. The van der Waals surface area contributed by atoms with Crippen LogP contribution in [0.2, 0.25) is 0 Å². The molecule has 0 spiro atoms. The Morgan fingerprint density at radius 2 is 1.83 bits per heavy atom. The molecule has 0 radical (unpaired) electrons. The fourth-order valence-corrected chi connectivity index (χ4v) is 4.23. The molecule has 2 amide bonds. The van der Waals surface area contributed by atoms with Crippen LogP contribution in [0.5, 0.6) is 0 Å². The van der Waals surface area contributed by atoms with Gasteiger partial charge in [0.1, 0.15) is 5.01 Å². The number of nitrogens with one attached hydrogen (secondary N) is 1. The molecular formula is C23H22N4O2S. The molecule has 1 saturated heterocycles. The lowest BCUT2D eigenvalue weighted by Crippen LogP contribution is -2.33. The molecule has 152 valence electrons. The van der Waals surface area contributed by atoms with E-state index in [1.807, 2.05) is 72.8 Å². The summed E-state index contributed by atoms with van der Waals surface area (Å²) in [6.45, 7) is 0.769. The minimum Gasteiger partial charge on any atom is -0.352 e. The zero-order valence-corrected chi connectivity index (χ0v) is 17.2. The van der Waals surface area contributed by atoms with E-state index in [1.54, 1.807) is 4.90 Å². The van der Waals surface area contributed by atoms with Gasteiger partial charge < -0.3 is 5.32 Å². The summed E-state index contributed by atoms with van der Waals surface area (Å²) in [5.74, 6) is -0.570. The van der Waals surface area contributed by atoms with Gasteiger partial charge in [0, 0.05) is 25.9 Å². The van der Waals surface area contributed by atoms with Gasteiger partial charge in [-0.05, 0) is 11.1 Å². The van der Waals surface area contributed by atoms with E-state index in [2.05, 4.69) is 15.5 Å². The molecule has 2 aromatic carbocycles. The molecule has 7 heteroatoms. The van der Waals surface area contributed by atoms with Gasteiger partial charge in [-0.2, -0.15) is 0 Å². The van der Waals surface area contributed by atoms with E-state index in [1.165, 1.54) is 11.3 Å². The average molecular weight is 419 g/mol. The van der Waals surface area contributed by atoms with Gasteiger partial charge in [-0.3, -0.25) is 14.5 Å². The van der Waals surface area contributed by atoms with E-state index < -0.39 is 0 Å². The minimum absolute atomic E-state index is 0.0858. The van der Waals surface area contributed by atoms with E-state index in [0.717, 1.165) is 16.1 Å². The Kier molecular flexibility index (Phi) is 6.29. The number of benzene rings is 2. The van der Waals surface area contributed by atoms with Gasteiger partial charge in [-0.1, -0.05) is 84.2 Å². The maximum Gasteiger partial charge on any atom is 0.229 e. The van der Waals surface area contributed by atoms with Gasteiger partial charge in [0.15, 0.2) is 0 Å². The van der Waals surface area contributed by atoms with Crippen molar-refractivity contribution in [3.63, 3.8) is 0 Å². The first-order chi connectivity index (χ1) is 14.7. The lowest BCUT2D eigenvalue weighted by Gasteiger charge is -2.12. The Hall–Kier alpha value is -3.32. The molecule has 3 aromatic rings. The Morgan fingerprint density at radius 3 is 2.60 bits per heavy atom. The molecule has 1 aromatic heterocycles. The third-order valence-corrected chi connectivity index (χ3v) is 5.83. The van der Waals surface area contributed by atoms with Crippen molar-refractivity contribution < 1.29 is 9.59 Å². The van der Waals surface area contributed by atoms with E-state index in [0.29, 0.717) is 24.6 Å². The number of rotatable bonds is 7. The summed E-state index contributed by atoms with van der Waals surface area (Å²) in [4.78, 5) is 26.5. The summed E-state index contributed by atoms with van der Waals surface area (Å²) in [5, 5.41) is 12.7. The SMILES string of the molecule is O=C(NCC=Cc1ccccc1)C1CC(=O)N(c2nnc(Cc3ccccc3)s2)C1. The molecule has 2 heterocycles. The van der Waals surface area contributed by atoms with E-state index in [4.69, 9.17) is 0 Å². The van der Waals surface area contributed by atoms with Crippen molar-refractivity contribution in [2.45, 2.75) is 12.8 Å². The summed E-state index contributed by atoms with van der Waals surface area (Å²) < 4.78 is 0. The first-order valence-corrected chi connectivity index (χ1v) is 10.7. The van der Waals surface area contributed by atoms with Crippen LogP contribution in [0.4, 0.5) is 5.13 Å². The van der Waals surface area contributed by atoms with Crippen LogP contribution in [0.15, 0.2) is 66.7 Å². The third kappa shape index (κ3) is 4.99.